The van der Waals surface area contributed by atoms with Gasteiger partial charge in [-0.2, -0.15) is 0 Å². The van der Waals surface area contributed by atoms with Crippen molar-refractivity contribution in [2.75, 3.05) is 37.6 Å². The number of benzene rings is 2. The van der Waals surface area contributed by atoms with E-state index in [9.17, 15) is 4.79 Å². The van der Waals surface area contributed by atoms with E-state index in [1.807, 2.05) is 23.1 Å². The number of hydrogen-bond acceptors (Lipinski definition) is 4. The fourth-order valence-corrected chi connectivity index (χ4v) is 5.68. The molecule has 29 heavy (non-hydrogen) atoms. The number of amides is 1. The lowest BCUT2D eigenvalue weighted by molar-refractivity contribution is -0.117. The van der Waals surface area contributed by atoms with E-state index in [0.29, 0.717) is 13.2 Å². The van der Waals surface area contributed by atoms with E-state index >= 15 is 0 Å². The third-order valence-corrected chi connectivity index (χ3v) is 6.49. The lowest BCUT2D eigenvalue weighted by Gasteiger charge is -2.45. The third-order valence-electron chi connectivity index (χ3n) is 5.57. The van der Waals surface area contributed by atoms with Crippen LogP contribution >= 0.6 is 31.9 Å². The SMILES string of the molecule is CC(=O)N1C[C@H](OCc2cc(Br)cc(Br)c2)[C@H](N2CCNCC2)c2ccccc21. The Labute approximate surface area is 188 Å². The number of halogens is 2. The molecule has 0 saturated carbocycles. The number of anilines is 1. The predicted molar refractivity (Wildman–Crippen MR) is 122 cm³/mol. The Hall–Kier alpha value is -1.25. The van der Waals surface area contributed by atoms with Crippen molar-refractivity contribution in [3.05, 3.63) is 62.5 Å². The van der Waals surface area contributed by atoms with Gasteiger partial charge in [0.25, 0.3) is 0 Å². The molecule has 0 radical (unpaired) electrons. The predicted octanol–water partition coefficient (Wildman–Crippen LogP) is 4.11. The molecular weight excluding hydrogens is 498 g/mol. The molecule has 2 aromatic carbocycles. The number of para-hydroxylation sites is 1. The third kappa shape index (κ3) is 4.75. The van der Waals surface area contributed by atoms with Crippen LogP contribution in [0.1, 0.15) is 24.1 Å². The van der Waals surface area contributed by atoms with Gasteiger partial charge in [-0.3, -0.25) is 9.69 Å². The van der Waals surface area contributed by atoms with Crippen molar-refractivity contribution >= 4 is 43.5 Å². The fourth-order valence-electron chi connectivity index (χ4n) is 4.29. The van der Waals surface area contributed by atoms with E-state index in [1.165, 1.54) is 5.56 Å². The molecule has 2 heterocycles. The van der Waals surface area contributed by atoms with Gasteiger partial charge in [-0.05, 0) is 35.4 Å². The molecule has 0 unspecified atom stereocenters. The molecule has 154 valence electrons. The largest absolute Gasteiger partial charge is 0.370 e. The zero-order valence-corrected chi connectivity index (χ0v) is 19.6. The van der Waals surface area contributed by atoms with Gasteiger partial charge in [0.15, 0.2) is 0 Å². The van der Waals surface area contributed by atoms with Gasteiger partial charge in [-0.25, -0.2) is 0 Å². The number of carbonyl (C=O) groups excluding carboxylic acids is 1. The first-order valence-electron chi connectivity index (χ1n) is 9.91. The molecule has 1 amide bonds. The van der Waals surface area contributed by atoms with E-state index < -0.39 is 0 Å². The Balaban J connectivity index is 1.64. The van der Waals surface area contributed by atoms with Crippen molar-refractivity contribution in [2.24, 2.45) is 0 Å². The molecule has 1 fully saturated rings. The maximum absolute atomic E-state index is 12.4. The molecule has 2 aliphatic heterocycles. The summed E-state index contributed by atoms with van der Waals surface area (Å²) in [6, 6.07) is 14.6. The summed E-state index contributed by atoms with van der Waals surface area (Å²) < 4.78 is 8.52. The maximum atomic E-state index is 12.4. The number of hydrogen-bond donors (Lipinski definition) is 1. The topological polar surface area (TPSA) is 44.8 Å². The molecule has 0 bridgehead atoms. The minimum absolute atomic E-state index is 0.0509. The molecule has 2 aliphatic rings. The van der Waals surface area contributed by atoms with E-state index in [0.717, 1.165) is 46.4 Å². The number of carbonyl (C=O) groups is 1. The van der Waals surface area contributed by atoms with Crippen LogP contribution in [0.25, 0.3) is 0 Å². The summed E-state index contributed by atoms with van der Waals surface area (Å²) in [6.45, 7) is 6.59. The van der Waals surface area contributed by atoms with Gasteiger partial charge in [0.1, 0.15) is 0 Å². The second kappa shape index (κ2) is 9.27. The summed E-state index contributed by atoms with van der Waals surface area (Å²) in [4.78, 5) is 16.7. The molecule has 0 aliphatic carbocycles. The van der Waals surface area contributed by atoms with Crippen LogP contribution in [0.15, 0.2) is 51.4 Å². The fraction of sp³-hybridized carbons (Fsp3) is 0.409. The molecule has 0 spiro atoms. The molecule has 0 aromatic heterocycles. The van der Waals surface area contributed by atoms with Crippen LogP contribution in [-0.2, 0) is 16.1 Å². The van der Waals surface area contributed by atoms with E-state index in [-0.39, 0.29) is 18.1 Å². The number of nitrogens with one attached hydrogen (secondary N) is 1. The highest BCUT2D eigenvalue weighted by atomic mass is 79.9. The quantitative estimate of drug-likeness (QED) is 0.656. The van der Waals surface area contributed by atoms with Gasteiger partial charge in [0.2, 0.25) is 5.91 Å². The molecular formula is C22H25Br2N3O2. The first-order valence-corrected chi connectivity index (χ1v) is 11.5. The highest BCUT2D eigenvalue weighted by Crippen LogP contribution is 2.39. The average molecular weight is 523 g/mol. The summed E-state index contributed by atoms with van der Waals surface area (Å²) in [6.07, 6.45) is -0.0929. The number of rotatable bonds is 4. The van der Waals surface area contributed by atoms with Crippen LogP contribution in [0, 0.1) is 0 Å². The Morgan fingerprint density at radius 1 is 1.14 bits per heavy atom. The Morgan fingerprint density at radius 3 is 2.52 bits per heavy atom. The van der Waals surface area contributed by atoms with Crippen LogP contribution < -0.4 is 10.2 Å². The van der Waals surface area contributed by atoms with Crippen molar-refractivity contribution in [3.8, 4) is 0 Å². The Morgan fingerprint density at radius 2 is 1.83 bits per heavy atom. The molecule has 5 nitrogen and oxygen atoms in total. The lowest BCUT2D eigenvalue weighted by Crippen LogP contribution is -2.54. The van der Waals surface area contributed by atoms with Crippen LogP contribution in [0.3, 0.4) is 0 Å². The smallest absolute Gasteiger partial charge is 0.223 e. The first kappa shape index (κ1) is 21.0. The van der Waals surface area contributed by atoms with Gasteiger partial charge in [0.05, 0.1) is 25.3 Å². The van der Waals surface area contributed by atoms with Crippen LogP contribution in [-0.4, -0.2) is 49.6 Å². The highest BCUT2D eigenvalue weighted by molar-refractivity contribution is 9.11. The minimum Gasteiger partial charge on any atom is -0.370 e. The van der Waals surface area contributed by atoms with Crippen LogP contribution in [0.2, 0.25) is 0 Å². The molecule has 2 atom stereocenters. The summed E-state index contributed by atoms with van der Waals surface area (Å²) in [5, 5.41) is 3.43. The molecule has 2 aromatic rings. The van der Waals surface area contributed by atoms with Crippen molar-refractivity contribution in [2.45, 2.75) is 25.7 Å². The van der Waals surface area contributed by atoms with Gasteiger partial charge in [-0.1, -0.05) is 50.1 Å². The monoisotopic (exact) mass is 521 g/mol. The number of ether oxygens (including phenoxy) is 1. The van der Waals surface area contributed by atoms with Crippen molar-refractivity contribution < 1.29 is 9.53 Å². The molecule has 4 rings (SSSR count). The minimum atomic E-state index is -0.0929. The van der Waals surface area contributed by atoms with Crippen molar-refractivity contribution in [1.29, 1.82) is 0 Å². The summed E-state index contributed by atoms with van der Waals surface area (Å²) >= 11 is 7.10. The van der Waals surface area contributed by atoms with Crippen molar-refractivity contribution in [3.63, 3.8) is 0 Å². The molecule has 1 N–H and O–H groups in total. The van der Waals surface area contributed by atoms with Crippen molar-refractivity contribution in [1.82, 2.24) is 10.2 Å². The van der Waals surface area contributed by atoms with Crippen LogP contribution in [0.4, 0.5) is 5.69 Å². The molecule has 1 saturated heterocycles. The second-order valence-electron chi connectivity index (χ2n) is 7.55. The highest BCUT2D eigenvalue weighted by Gasteiger charge is 2.39. The summed E-state index contributed by atoms with van der Waals surface area (Å²) in [5.74, 6) is 0.0509. The van der Waals surface area contributed by atoms with E-state index in [2.05, 4.69) is 66.3 Å². The van der Waals surface area contributed by atoms with E-state index in [1.54, 1.807) is 6.92 Å². The summed E-state index contributed by atoms with van der Waals surface area (Å²) in [5.41, 5.74) is 3.28. The number of piperazine rings is 1. The first-order chi connectivity index (χ1) is 14.0. The average Bonchev–Trinajstić information content (AvgIpc) is 2.71. The number of nitrogens with zero attached hydrogens (tertiary/aromatic N) is 2. The van der Waals surface area contributed by atoms with Gasteiger partial charge in [-0.15, -0.1) is 0 Å². The Kier molecular flexibility index (Phi) is 6.71. The van der Waals surface area contributed by atoms with Gasteiger partial charge in [0, 0.05) is 47.7 Å². The van der Waals surface area contributed by atoms with Crippen LogP contribution in [0.5, 0.6) is 0 Å². The molecule has 7 heteroatoms. The normalized spacial score (nSPS) is 22.4. The standard InChI is InChI=1S/C22H25Br2N3O2/c1-15(28)27-13-21(29-14-16-10-17(23)12-18(24)11-16)22(26-8-6-25-7-9-26)19-4-2-3-5-20(19)27/h2-5,10-12,21-22,25H,6-9,13-14H2,1H3/t21-,22+/m0/s1. The van der Waals surface area contributed by atoms with Gasteiger partial charge >= 0.3 is 0 Å². The Bertz CT molecular complexity index is 866. The van der Waals surface area contributed by atoms with E-state index in [4.69, 9.17) is 4.74 Å². The summed E-state index contributed by atoms with van der Waals surface area (Å²) in [7, 11) is 0. The zero-order valence-electron chi connectivity index (χ0n) is 16.4. The maximum Gasteiger partial charge on any atom is 0.223 e. The number of fused-ring (bicyclic) bond motifs is 1. The second-order valence-corrected chi connectivity index (χ2v) is 9.38. The lowest BCUT2D eigenvalue weighted by atomic mass is 9.92. The van der Waals surface area contributed by atoms with Gasteiger partial charge < -0.3 is 15.0 Å². The zero-order chi connectivity index (χ0) is 20.4.